The summed E-state index contributed by atoms with van der Waals surface area (Å²) in [4.78, 5) is 4.37. The Balaban J connectivity index is 2.11. The van der Waals surface area contributed by atoms with Crippen molar-refractivity contribution in [2.45, 2.75) is 13.0 Å². The van der Waals surface area contributed by atoms with Gasteiger partial charge in [-0.25, -0.2) is 0 Å². The Morgan fingerprint density at radius 3 is 2.79 bits per heavy atom. The van der Waals surface area contributed by atoms with Gasteiger partial charge in [0.1, 0.15) is 0 Å². The van der Waals surface area contributed by atoms with E-state index in [0.717, 1.165) is 19.6 Å². The molecule has 0 aliphatic carbocycles. The lowest BCUT2D eigenvalue weighted by atomic mass is 10.2. The van der Waals surface area contributed by atoms with Crippen molar-refractivity contribution in [2.75, 3.05) is 37.3 Å². The highest BCUT2D eigenvalue weighted by Crippen LogP contribution is 2.18. The van der Waals surface area contributed by atoms with E-state index in [4.69, 9.17) is 10.2 Å². The Bertz CT molecular complexity index is 312. The van der Waals surface area contributed by atoms with Gasteiger partial charge in [0.15, 0.2) is 0 Å². The largest absolute Gasteiger partial charge is 0.390 e. The van der Waals surface area contributed by atoms with Crippen LogP contribution in [0.1, 0.15) is 6.92 Å². The third-order valence-corrected chi connectivity index (χ3v) is 2.51. The summed E-state index contributed by atoms with van der Waals surface area (Å²) < 4.78 is 5.19. The molecule has 2 N–H and O–H groups in total. The lowest BCUT2D eigenvalue weighted by Gasteiger charge is -2.36. The van der Waals surface area contributed by atoms with Crippen LogP contribution < -0.4 is 10.6 Å². The summed E-state index contributed by atoms with van der Waals surface area (Å²) in [6.07, 6.45) is 0. The van der Waals surface area contributed by atoms with E-state index in [9.17, 15) is 0 Å². The summed E-state index contributed by atoms with van der Waals surface area (Å²) in [7, 11) is 2.11. The van der Waals surface area contributed by atoms with Crippen LogP contribution in [-0.4, -0.2) is 47.8 Å². The van der Waals surface area contributed by atoms with Crippen LogP contribution >= 0.6 is 0 Å². The van der Waals surface area contributed by atoms with Gasteiger partial charge >= 0.3 is 12.0 Å². The van der Waals surface area contributed by atoms with Crippen LogP contribution in [0.2, 0.25) is 0 Å². The number of nitrogen functional groups attached to an aromatic ring is 1. The van der Waals surface area contributed by atoms with E-state index in [2.05, 4.69) is 34.0 Å². The topological polar surface area (TPSA) is 71.4 Å². The molecule has 14 heavy (non-hydrogen) atoms. The number of rotatable bonds is 1. The number of nitrogens with zero attached hydrogens (tertiary/aromatic N) is 4. The second-order valence-corrected chi connectivity index (χ2v) is 3.73. The zero-order chi connectivity index (χ0) is 10.1. The third-order valence-electron chi connectivity index (χ3n) is 2.51. The molecule has 6 heteroatoms. The van der Waals surface area contributed by atoms with E-state index in [-0.39, 0.29) is 6.01 Å². The first-order chi connectivity index (χ1) is 6.66. The Morgan fingerprint density at radius 1 is 1.43 bits per heavy atom. The normalized spacial score (nSPS) is 24.1. The standard InChI is InChI=1S/C8H15N5O/c1-6-5-12(2)3-4-13(6)8-11-10-7(9)14-8/h6H,3-5H2,1-2H3,(H2,9,10). The summed E-state index contributed by atoms with van der Waals surface area (Å²) >= 11 is 0. The molecule has 1 aromatic heterocycles. The quantitative estimate of drug-likeness (QED) is 0.671. The number of piperazine rings is 1. The van der Waals surface area contributed by atoms with Crippen molar-refractivity contribution in [1.82, 2.24) is 15.1 Å². The maximum Gasteiger partial charge on any atom is 0.319 e. The molecule has 0 aromatic carbocycles. The van der Waals surface area contributed by atoms with Crippen molar-refractivity contribution in [3.05, 3.63) is 0 Å². The van der Waals surface area contributed by atoms with Gasteiger partial charge < -0.3 is 20.0 Å². The minimum atomic E-state index is 0.131. The van der Waals surface area contributed by atoms with E-state index in [1.165, 1.54) is 0 Å². The summed E-state index contributed by atoms with van der Waals surface area (Å²) in [5.41, 5.74) is 5.38. The van der Waals surface area contributed by atoms with Crippen LogP contribution in [0.15, 0.2) is 4.42 Å². The zero-order valence-electron chi connectivity index (χ0n) is 8.47. The van der Waals surface area contributed by atoms with Crippen LogP contribution in [0.25, 0.3) is 0 Å². The predicted octanol–water partition coefficient (Wildman–Crippen LogP) is -0.208. The summed E-state index contributed by atoms with van der Waals surface area (Å²) in [6.45, 7) is 5.05. The number of nitrogens with two attached hydrogens (primary N) is 1. The van der Waals surface area contributed by atoms with Gasteiger partial charge in [0.25, 0.3) is 0 Å². The Kier molecular flexibility index (Phi) is 2.28. The molecule has 1 unspecified atom stereocenters. The fraction of sp³-hybridized carbons (Fsp3) is 0.750. The van der Waals surface area contributed by atoms with Crippen LogP contribution in [0.4, 0.5) is 12.0 Å². The molecule has 0 bridgehead atoms. The van der Waals surface area contributed by atoms with E-state index < -0.39 is 0 Å². The molecule has 1 aliphatic rings. The SMILES string of the molecule is CC1CN(C)CCN1c1nnc(N)o1. The second-order valence-electron chi connectivity index (χ2n) is 3.73. The molecule has 0 radical (unpaired) electrons. The molecule has 1 saturated heterocycles. The maximum absolute atomic E-state index is 5.38. The highest BCUT2D eigenvalue weighted by Gasteiger charge is 2.25. The van der Waals surface area contributed by atoms with E-state index in [0.29, 0.717) is 12.1 Å². The van der Waals surface area contributed by atoms with Crippen molar-refractivity contribution in [3.8, 4) is 0 Å². The van der Waals surface area contributed by atoms with Crippen LogP contribution in [0.5, 0.6) is 0 Å². The molecular weight excluding hydrogens is 182 g/mol. The van der Waals surface area contributed by atoms with E-state index in [1.807, 2.05) is 0 Å². The van der Waals surface area contributed by atoms with Gasteiger partial charge in [-0.1, -0.05) is 10.2 Å². The van der Waals surface area contributed by atoms with Gasteiger partial charge in [0.2, 0.25) is 0 Å². The lowest BCUT2D eigenvalue weighted by Crippen LogP contribution is -2.50. The number of hydrogen-bond acceptors (Lipinski definition) is 6. The fourth-order valence-electron chi connectivity index (χ4n) is 1.77. The van der Waals surface area contributed by atoms with Crippen molar-refractivity contribution < 1.29 is 4.42 Å². The highest BCUT2D eigenvalue weighted by molar-refractivity contribution is 5.30. The van der Waals surface area contributed by atoms with Gasteiger partial charge in [-0.05, 0) is 14.0 Å². The average molecular weight is 197 g/mol. The molecule has 0 amide bonds. The van der Waals surface area contributed by atoms with E-state index >= 15 is 0 Å². The fourth-order valence-corrected chi connectivity index (χ4v) is 1.77. The third kappa shape index (κ3) is 1.65. The van der Waals surface area contributed by atoms with Crippen molar-refractivity contribution in [3.63, 3.8) is 0 Å². The molecule has 2 heterocycles. The van der Waals surface area contributed by atoms with Crippen LogP contribution in [0.3, 0.4) is 0 Å². The maximum atomic E-state index is 5.38. The van der Waals surface area contributed by atoms with Gasteiger partial charge in [-0.3, -0.25) is 0 Å². The van der Waals surface area contributed by atoms with E-state index in [1.54, 1.807) is 0 Å². The Hall–Kier alpha value is -1.30. The summed E-state index contributed by atoms with van der Waals surface area (Å²) in [5, 5.41) is 7.53. The van der Waals surface area contributed by atoms with Gasteiger partial charge in [-0.2, -0.15) is 0 Å². The minimum Gasteiger partial charge on any atom is -0.390 e. The summed E-state index contributed by atoms with van der Waals surface area (Å²) in [6, 6.07) is 1.04. The van der Waals surface area contributed by atoms with Crippen molar-refractivity contribution in [1.29, 1.82) is 0 Å². The molecular formula is C8H15N5O. The van der Waals surface area contributed by atoms with Gasteiger partial charge in [-0.15, -0.1) is 0 Å². The molecule has 6 nitrogen and oxygen atoms in total. The predicted molar refractivity (Wildman–Crippen MR) is 53.0 cm³/mol. The number of likely N-dealkylation sites (N-methyl/N-ethyl adjacent to an activating group) is 1. The smallest absolute Gasteiger partial charge is 0.319 e. The molecule has 0 spiro atoms. The molecule has 2 rings (SSSR count). The number of hydrogen-bond donors (Lipinski definition) is 1. The van der Waals surface area contributed by atoms with Crippen molar-refractivity contribution >= 4 is 12.0 Å². The van der Waals surface area contributed by atoms with Gasteiger partial charge in [0.05, 0.1) is 0 Å². The first-order valence-electron chi connectivity index (χ1n) is 4.71. The molecule has 1 atom stereocenters. The van der Waals surface area contributed by atoms with Crippen LogP contribution in [-0.2, 0) is 0 Å². The Morgan fingerprint density at radius 2 is 2.21 bits per heavy atom. The molecule has 1 aliphatic heterocycles. The monoisotopic (exact) mass is 197 g/mol. The van der Waals surface area contributed by atoms with Crippen LogP contribution in [0, 0.1) is 0 Å². The lowest BCUT2D eigenvalue weighted by molar-refractivity contribution is 0.267. The molecule has 0 saturated carbocycles. The molecule has 1 fully saturated rings. The Labute approximate surface area is 82.7 Å². The number of anilines is 2. The zero-order valence-corrected chi connectivity index (χ0v) is 8.47. The van der Waals surface area contributed by atoms with Gasteiger partial charge in [0, 0.05) is 25.7 Å². The minimum absolute atomic E-state index is 0.131. The molecule has 78 valence electrons. The number of aromatic nitrogens is 2. The second kappa shape index (κ2) is 3.45. The average Bonchev–Trinajstić information content (AvgIpc) is 2.51. The summed E-state index contributed by atoms with van der Waals surface area (Å²) in [5.74, 6) is 0. The first kappa shape index (κ1) is 9.26. The first-order valence-corrected chi connectivity index (χ1v) is 4.71. The highest BCUT2D eigenvalue weighted by atomic mass is 16.4. The molecule has 1 aromatic rings. The van der Waals surface area contributed by atoms with Crippen molar-refractivity contribution in [2.24, 2.45) is 0 Å².